The van der Waals surface area contributed by atoms with E-state index in [0.29, 0.717) is 50.1 Å². The lowest BCUT2D eigenvalue weighted by Gasteiger charge is -2.36. The number of likely N-dealkylation sites (tertiary alicyclic amines) is 2. The number of anilines is 3. The summed E-state index contributed by atoms with van der Waals surface area (Å²) in [5.41, 5.74) is 4.59. The van der Waals surface area contributed by atoms with Crippen molar-refractivity contribution in [2.75, 3.05) is 42.8 Å². The van der Waals surface area contributed by atoms with Crippen molar-refractivity contribution in [2.45, 2.75) is 129 Å². The minimum Gasteiger partial charge on any atom is -0.453 e. The summed E-state index contributed by atoms with van der Waals surface area (Å²) in [6, 6.07) is 23.3. The van der Waals surface area contributed by atoms with Gasteiger partial charge in [0, 0.05) is 30.2 Å². The second kappa shape index (κ2) is 21.6. The van der Waals surface area contributed by atoms with Crippen LogP contribution in [-0.2, 0) is 28.7 Å². The number of benzene rings is 3. The molecule has 16 heteroatoms. The molecule has 6 atom stereocenters. The summed E-state index contributed by atoms with van der Waals surface area (Å²) in [6.45, 7) is 15.3. The van der Waals surface area contributed by atoms with Gasteiger partial charge in [0.25, 0.3) is 0 Å². The fraction of sp³-hybridized carbons (Fsp3) is 0.520. The number of alkyl carbamates (subject to hydrolysis) is 2. The predicted molar refractivity (Wildman–Crippen MR) is 259 cm³/mol. The van der Waals surface area contributed by atoms with Crippen molar-refractivity contribution >= 4 is 66.1 Å². The van der Waals surface area contributed by atoms with E-state index in [1.807, 2.05) is 52.0 Å². The van der Waals surface area contributed by atoms with Gasteiger partial charge in [0.2, 0.25) is 23.6 Å². The third kappa shape index (κ3) is 11.2. The van der Waals surface area contributed by atoms with E-state index in [1.54, 1.807) is 9.80 Å². The van der Waals surface area contributed by atoms with Gasteiger partial charge in [-0.25, -0.2) is 9.59 Å². The monoisotopic (exact) mass is 923 g/mol. The van der Waals surface area contributed by atoms with Gasteiger partial charge in [-0.05, 0) is 97.9 Å². The van der Waals surface area contributed by atoms with Crippen LogP contribution in [0.4, 0.5) is 26.7 Å². The smallest absolute Gasteiger partial charge is 0.407 e. The molecule has 66 heavy (non-hydrogen) atoms. The Bertz CT molecular complexity index is 2080. The zero-order valence-corrected chi connectivity index (χ0v) is 41.0. The molecule has 0 aliphatic carbocycles. The molecule has 3 aliphatic heterocycles. The lowest BCUT2D eigenvalue weighted by molar-refractivity contribution is -0.139. The van der Waals surface area contributed by atoms with Gasteiger partial charge in [-0.2, -0.15) is 24.3 Å². The number of carbonyl (C=O) groups is 6. The van der Waals surface area contributed by atoms with Crippen LogP contribution in [0.2, 0.25) is 19.1 Å². The van der Waals surface area contributed by atoms with Crippen molar-refractivity contribution in [1.82, 2.24) is 20.4 Å². The molecule has 0 radical (unpaired) electrons. The van der Waals surface area contributed by atoms with Gasteiger partial charge in [-0.1, -0.05) is 71.0 Å². The Hall–Kier alpha value is -5.90. The molecule has 6 rings (SSSR count). The van der Waals surface area contributed by atoms with Crippen molar-refractivity contribution in [3.05, 3.63) is 83.9 Å². The van der Waals surface area contributed by atoms with E-state index in [0.717, 1.165) is 35.7 Å². The Morgan fingerprint density at radius 1 is 0.606 bits per heavy atom. The maximum absolute atomic E-state index is 13.7. The molecule has 0 saturated carbocycles. The maximum atomic E-state index is 13.7. The van der Waals surface area contributed by atoms with Crippen LogP contribution in [-0.4, -0.2) is 105 Å². The average molecular weight is 924 g/mol. The van der Waals surface area contributed by atoms with Crippen LogP contribution in [0, 0.1) is 11.8 Å². The zero-order chi connectivity index (χ0) is 47.9. The third-order valence-corrected chi connectivity index (χ3v) is 17.5. The molecule has 357 valence electrons. The zero-order valence-electron chi connectivity index (χ0n) is 40.0. The second-order valence-corrected chi connectivity index (χ2v) is 24.2. The van der Waals surface area contributed by atoms with Crippen molar-refractivity contribution in [3.63, 3.8) is 0 Å². The average Bonchev–Trinajstić information content (AvgIpc) is 4.11. The number of nitrogens with zero attached hydrogens (tertiary/aromatic N) is 3. The van der Waals surface area contributed by atoms with Crippen molar-refractivity contribution in [2.24, 2.45) is 11.8 Å². The summed E-state index contributed by atoms with van der Waals surface area (Å²) in [7, 11) is 0.936. The molecule has 3 fully saturated rings. The first kappa shape index (κ1) is 49.5. The molecule has 0 aromatic heterocycles. The molecule has 3 aromatic carbocycles. The summed E-state index contributed by atoms with van der Waals surface area (Å²) in [5, 5.41) is 12.8. The van der Waals surface area contributed by atoms with E-state index in [2.05, 4.69) is 94.7 Å². The molecule has 3 aromatic rings. The van der Waals surface area contributed by atoms with Gasteiger partial charge in [-0.3, -0.25) is 19.2 Å². The maximum Gasteiger partial charge on any atom is 0.407 e. The minimum absolute atomic E-state index is 0.0360. The van der Waals surface area contributed by atoms with Gasteiger partial charge in [-0.15, -0.1) is 8.07 Å². The summed E-state index contributed by atoms with van der Waals surface area (Å²) >= 11 is 0. The van der Waals surface area contributed by atoms with Crippen LogP contribution in [0.5, 0.6) is 0 Å². The van der Waals surface area contributed by atoms with Gasteiger partial charge in [0.05, 0.1) is 26.3 Å². The normalized spacial score (nSPS) is 20.5. The molecule has 0 spiro atoms. The first-order chi connectivity index (χ1) is 31.5. The van der Waals surface area contributed by atoms with Crippen molar-refractivity contribution in [3.8, 4) is 0 Å². The number of carbonyl (C=O) groups excluding carboxylic acids is 6. The number of hydrogen-bond acceptors (Lipinski definition) is 9. The van der Waals surface area contributed by atoms with Crippen LogP contribution < -0.4 is 31.4 Å². The number of methoxy groups -OCH3 is 2. The van der Waals surface area contributed by atoms with E-state index in [9.17, 15) is 28.8 Å². The Morgan fingerprint density at radius 3 is 1.35 bits per heavy atom. The highest BCUT2D eigenvalue weighted by Gasteiger charge is 2.41. The van der Waals surface area contributed by atoms with Crippen LogP contribution in [0.3, 0.4) is 0 Å². The molecular weight excluding hydrogens is 855 g/mol. The van der Waals surface area contributed by atoms with Crippen LogP contribution in [0.25, 0.3) is 0 Å². The Kier molecular flexibility index (Phi) is 16.2. The van der Waals surface area contributed by atoms with E-state index >= 15 is 0 Å². The van der Waals surface area contributed by atoms with Gasteiger partial charge < -0.3 is 45.4 Å². The Labute approximate surface area is 390 Å². The van der Waals surface area contributed by atoms with Crippen LogP contribution in [0.1, 0.15) is 96.4 Å². The topological polar surface area (TPSA) is 179 Å². The van der Waals surface area contributed by atoms with E-state index in [4.69, 9.17) is 9.47 Å². The first-order valence-electron chi connectivity index (χ1n) is 23.5. The summed E-state index contributed by atoms with van der Waals surface area (Å²) in [5.74, 6) is -1.54. The highest BCUT2D eigenvalue weighted by molar-refractivity contribution is 6.89. The van der Waals surface area contributed by atoms with Crippen molar-refractivity contribution in [1.29, 1.82) is 0 Å². The lowest BCUT2D eigenvalue weighted by Crippen LogP contribution is -2.54. The molecule has 6 amide bonds. The van der Waals surface area contributed by atoms with E-state index in [1.165, 1.54) is 19.4 Å². The second-order valence-electron chi connectivity index (χ2n) is 19.1. The molecule has 3 heterocycles. The number of nitrogens with one attached hydrogen (secondary N) is 4. The number of rotatable bonds is 15. The largest absolute Gasteiger partial charge is 0.453 e. The van der Waals surface area contributed by atoms with Crippen LogP contribution >= 0.6 is 0 Å². The molecule has 0 bridgehead atoms. The van der Waals surface area contributed by atoms with E-state index < -0.39 is 44.4 Å². The molecule has 3 aliphatic rings. The fourth-order valence-electron chi connectivity index (χ4n) is 9.51. The molecular formula is C50H69N7O8Si-. The van der Waals surface area contributed by atoms with Crippen LogP contribution in [0.15, 0.2) is 72.8 Å². The number of amides is 6. The summed E-state index contributed by atoms with van der Waals surface area (Å²) in [4.78, 5) is 84.3. The van der Waals surface area contributed by atoms with Gasteiger partial charge >= 0.3 is 12.2 Å². The molecule has 4 N–H and O–H groups in total. The standard InChI is InChI=1S/C50H69N7O8Si/c1-10-66(8,9)38-25-23-37(24-26-38)57-39(33-15-19-35(20-16-33)51-45(58)41-13-11-29-55(41)47(60)43(31(2)3)53-49(62)64-6)27-28-40(57)34-17-21-36(22-18-34)52-46(59)42-14-12-30-56(42)48(61)44(32(4)5)54-50(63)65-7/h15-26,31-32,39-44H,10-14,27-30H2,1-9H3,(H,51,58)(H,52,59)(H,53,62)(H,54,63)/q-1/t39-,40-,41-,42-,43-,44-/m0/s1. The predicted octanol–water partition coefficient (Wildman–Crippen LogP) is 7.32. The Morgan fingerprint density at radius 2 is 1.00 bits per heavy atom. The van der Waals surface area contributed by atoms with E-state index in [-0.39, 0.29) is 47.5 Å². The first-order valence-corrected chi connectivity index (χ1v) is 26.7. The van der Waals surface area contributed by atoms with Gasteiger partial charge in [0.1, 0.15) is 24.2 Å². The lowest BCUT2D eigenvalue weighted by atomic mass is 10.0. The highest BCUT2D eigenvalue weighted by atomic mass is 28.3. The SMILES string of the molecule is CC[Si-](C)(C)c1ccc(N2[C@H](c3ccc(NC(=O)[C@@H]4CCCN4C(=O)[C@@H](NC(=O)OC)C(C)C)cc3)CC[C@H]2c2ccc(NC(=O)[C@@H]3CCCN3C(=O)[C@@H](NC(=O)OC)C(C)C)cc2)cc1. The quantitative estimate of drug-likeness (QED) is 0.114. The molecule has 0 unspecified atom stereocenters. The number of ether oxygens (including phenoxy) is 2. The Balaban J connectivity index is 1.18. The highest BCUT2D eigenvalue weighted by Crippen LogP contribution is 2.47. The van der Waals surface area contributed by atoms with Gasteiger partial charge in [0.15, 0.2) is 0 Å². The fourth-order valence-corrected chi connectivity index (χ4v) is 11.0. The number of hydrogen-bond donors (Lipinski definition) is 4. The summed E-state index contributed by atoms with van der Waals surface area (Å²) < 4.78 is 9.50. The molecule has 3 saturated heterocycles. The van der Waals surface area contributed by atoms with Crippen molar-refractivity contribution < 1.29 is 38.2 Å². The minimum atomic E-state index is -1.57. The summed E-state index contributed by atoms with van der Waals surface area (Å²) in [6.07, 6.45) is 2.80. The third-order valence-electron chi connectivity index (χ3n) is 13.8. The molecule has 15 nitrogen and oxygen atoms in total.